The molecule has 1 saturated heterocycles. The molecular formula is C11H16BrN3O. The zero-order valence-electron chi connectivity index (χ0n) is 9.10. The number of morpholine rings is 1. The van der Waals surface area contributed by atoms with Crippen molar-refractivity contribution in [3.8, 4) is 0 Å². The number of rotatable bonds is 3. The lowest BCUT2D eigenvalue weighted by molar-refractivity contribution is -0.00846. The van der Waals surface area contributed by atoms with E-state index in [1.54, 1.807) is 0 Å². The molecule has 2 N–H and O–H groups in total. The zero-order chi connectivity index (χ0) is 11.4. The predicted octanol–water partition coefficient (Wildman–Crippen LogP) is 1.00. The first-order valence-electron chi connectivity index (χ1n) is 5.42. The highest BCUT2D eigenvalue weighted by atomic mass is 79.9. The number of aromatic nitrogens is 1. The van der Waals surface area contributed by atoms with Crippen LogP contribution in [0.15, 0.2) is 22.8 Å². The topological polar surface area (TPSA) is 51.4 Å². The maximum atomic E-state index is 5.72. The summed E-state index contributed by atoms with van der Waals surface area (Å²) in [6.45, 7) is 3.93. The second-order valence-electron chi connectivity index (χ2n) is 3.90. The summed E-state index contributed by atoms with van der Waals surface area (Å²) in [5, 5.41) is 0. The van der Waals surface area contributed by atoms with Gasteiger partial charge in [0.2, 0.25) is 0 Å². The van der Waals surface area contributed by atoms with Gasteiger partial charge >= 0.3 is 0 Å². The van der Waals surface area contributed by atoms with Crippen molar-refractivity contribution in [2.75, 3.05) is 26.3 Å². The molecule has 88 valence electrons. The molecule has 1 aromatic rings. The van der Waals surface area contributed by atoms with Gasteiger partial charge in [0.05, 0.1) is 18.9 Å². The van der Waals surface area contributed by atoms with Crippen LogP contribution in [-0.4, -0.2) is 42.2 Å². The number of ether oxygens (including phenoxy) is 1. The maximum Gasteiger partial charge on any atom is 0.0634 e. The van der Waals surface area contributed by atoms with Gasteiger partial charge in [-0.05, 0) is 28.1 Å². The monoisotopic (exact) mass is 285 g/mol. The second-order valence-corrected chi connectivity index (χ2v) is 4.82. The van der Waals surface area contributed by atoms with Gasteiger partial charge in [-0.2, -0.15) is 0 Å². The van der Waals surface area contributed by atoms with E-state index < -0.39 is 0 Å². The third-order valence-electron chi connectivity index (χ3n) is 2.78. The van der Waals surface area contributed by atoms with Gasteiger partial charge in [0.25, 0.3) is 0 Å². The van der Waals surface area contributed by atoms with E-state index in [1.807, 2.05) is 18.3 Å². The molecule has 2 heterocycles. The fraction of sp³-hybridized carbons (Fsp3) is 0.545. The molecule has 0 radical (unpaired) electrons. The van der Waals surface area contributed by atoms with Crippen molar-refractivity contribution in [1.82, 2.24) is 9.88 Å². The van der Waals surface area contributed by atoms with E-state index in [1.165, 1.54) is 0 Å². The molecule has 2 rings (SSSR count). The summed E-state index contributed by atoms with van der Waals surface area (Å²) in [7, 11) is 0. The van der Waals surface area contributed by atoms with Gasteiger partial charge in [0.1, 0.15) is 0 Å². The number of halogens is 1. The fourth-order valence-electron chi connectivity index (χ4n) is 1.82. The van der Waals surface area contributed by atoms with Crippen molar-refractivity contribution in [1.29, 1.82) is 0 Å². The van der Waals surface area contributed by atoms with Crippen LogP contribution in [0, 0.1) is 0 Å². The van der Waals surface area contributed by atoms with E-state index >= 15 is 0 Å². The first-order valence-corrected chi connectivity index (χ1v) is 6.21. The van der Waals surface area contributed by atoms with E-state index in [0.29, 0.717) is 12.6 Å². The Morgan fingerprint density at radius 3 is 3.12 bits per heavy atom. The highest BCUT2D eigenvalue weighted by Gasteiger charge is 2.21. The lowest BCUT2D eigenvalue weighted by Gasteiger charge is -2.34. The molecule has 1 aliphatic rings. The van der Waals surface area contributed by atoms with Crippen LogP contribution in [0.1, 0.15) is 5.69 Å². The van der Waals surface area contributed by atoms with Crippen LogP contribution in [0.5, 0.6) is 0 Å². The van der Waals surface area contributed by atoms with E-state index in [-0.39, 0.29) is 0 Å². The van der Waals surface area contributed by atoms with Crippen LogP contribution in [-0.2, 0) is 11.3 Å². The van der Waals surface area contributed by atoms with Gasteiger partial charge in [-0.15, -0.1) is 0 Å². The minimum atomic E-state index is 0.319. The number of nitrogens with zero attached hydrogens (tertiary/aromatic N) is 2. The molecule has 16 heavy (non-hydrogen) atoms. The average molecular weight is 286 g/mol. The molecule has 0 spiro atoms. The van der Waals surface area contributed by atoms with Crippen molar-refractivity contribution < 1.29 is 4.74 Å². The molecule has 0 bridgehead atoms. The van der Waals surface area contributed by atoms with Crippen LogP contribution in [0.25, 0.3) is 0 Å². The lowest BCUT2D eigenvalue weighted by Crippen LogP contribution is -2.48. The normalized spacial score (nSPS) is 22.2. The molecule has 5 heteroatoms. The van der Waals surface area contributed by atoms with Crippen molar-refractivity contribution in [2.24, 2.45) is 5.73 Å². The number of nitrogens with two attached hydrogens (primary N) is 1. The van der Waals surface area contributed by atoms with Gasteiger partial charge in [0.15, 0.2) is 0 Å². The second kappa shape index (κ2) is 5.72. The van der Waals surface area contributed by atoms with Crippen molar-refractivity contribution in [3.63, 3.8) is 0 Å². The SMILES string of the molecule is NCC1COCCN1Cc1ccc(Br)cn1. The third kappa shape index (κ3) is 3.01. The Bertz CT molecular complexity index is 331. The summed E-state index contributed by atoms with van der Waals surface area (Å²) in [4.78, 5) is 6.70. The smallest absolute Gasteiger partial charge is 0.0634 e. The largest absolute Gasteiger partial charge is 0.378 e. The molecular weight excluding hydrogens is 270 g/mol. The molecule has 0 saturated carbocycles. The van der Waals surface area contributed by atoms with Gasteiger partial charge < -0.3 is 10.5 Å². The Hall–Kier alpha value is -0.490. The molecule has 1 unspecified atom stereocenters. The molecule has 4 nitrogen and oxygen atoms in total. The Labute approximate surface area is 104 Å². The Morgan fingerprint density at radius 2 is 2.44 bits per heavy atom. The highest BCUT2D eigenvalue weighted by Crippen LogP contribution is 2.12. The summed E-state index contributed by atoms with van der Waals surface area (Å²) < 4.78 is 6.42. The van der Waals surface area contributed by atoms with Crippen LogP contribution < -0.4 is 5.73 Å². The molecule has 0 aliphatic carbocycles. The van der Waals surface area contributed by atoms with Crippen molar-refractivity contribution in [2.45, 2.75) is 12.6 Å². The maximum absolute atomic E-state index is 5.72. The quantitative estimate of drug-likeness (QED) is 0.901. The summed E-state index contributed by atoms with van der Waals surface area (Å²) in [5.41, 5.74) is 6.79. The third-order valence-corrected chi connectivity index (χ3v) is 3.24. The summed E-state index contributed by atoms with van der Waals surface area (Å²) in [6, 6.07) is 4.37. The molecule has 1 aliphatic heterocycles. The Kier molecular flexibility index (Phi) is 4.29. The van der Waals surface area contributed by atoms with Crippen molar-refractivity contribution in [3.05, 3.63) is 28.5 Å². The molecule has 1 fully saturated rings. The minimum Gasteiger partial charge on any atom is -0.378 e. The highest BCUT2D eigenvalue weighted by molar-refractivity contribution is 9.10. The summed E-state index contributed by atoms with van der Waals surface area (Å²) >= 11 is 3.38. The number of hydrogen-bond acceptors (Lipinski definition) is 4. The average Bonchev–Trinajstić information content (AvgIpc) is 2.33. The molecule has 0 aromatic carbocycles. The van der Waals surface area contributed by atoms with E-state index in [0.717, 1.165) is 36.5 Å². The van der Waals surface area contributed by atoms with Gasteiger partial charge in [-0.25, -0.2) is 0 Å². The molecule has 1 aromatic heterocycles. The summed E-state index contributed by atoms with van der Waals surface area (Å²) in [6.07, 6.45) is 1.83. The lowest BCUT2D eigenvalue weighted by atomic mass is 10.2. The Balaban J connectivity index is 1.99. The minimum absolute atomic E-state index is 0.319. The predicted molar refractivity (Wildman–Crippen MR) is 66.0 cm³/mol. The van der Waals surface area contributed by atoms with Crippen LogP contribution in [0.4, 0.5) is 0 Å². The molecule has 1 atom stereocenters. The Morgan fingerprint density at radius 1 is 1.56 bits per heavy atom. The standard InChI is InChI=1S/C11H16BrN3O/c12-9-1-2-10(14-6-9)7-15-3-4-16-8-11(15)5-13/h1-2,6,11H,3-5,7-8,13H2. The van der Waals surface area contributed by atoms with Gasteiger partial charge in [-0.1, -0.05) is 0 Å². The fourth-order valence-corrected chi connectivity index (χ4v) is 2.06. The van der Waals surface area contributed by atoms with E-state index in [4.69, 9.17) is 10.5 Å². The first kappa shape index (κ1) is 12.0. The van der Waals surface area contributed by atoms with Crippen LogP contribution in [0.3, 0.4) is 0 Å². The van der Waals surface area contributed by atoms with E-state index in [2.05, 4.69) is 25.8 Å². The van der Waals surface area contributed by atoms with Crippen molar-refractivity contribution >= 4 is 15.9 Å². The van der Waals surface area contributed by atoms with E-state index in [9.17, 15) is 0 Å². The van der Waals surface area contributed by atoms with Gasteiger partial charge in [-0.3, -0.25) is 9.88 Å². The van der Waals surface area contributed by atoms with Gasteiger partial charge in [0, 0.05) is 36.3 Å². The summed E-state index contributed by atoms with van der Waals surface area (Å²) in [5.74, 6) is 0. The number of pyridine rings is 1. The first-order chi connectivity index (χ1) is 7.79. The number of hydrogen-bond donors (Lipinski definition) is 1. The zero-order valence-corrected chi connectivity index (χ0v) is 10.7. The molecule has 0 amide bonds. The van der Waals surface area contributed by atoms with Crippen LogP contribution >= 0.6 is 15.9 Å². The van der Waals surface area contributed by atoms with Crippen LogP contribution in [0.2, 0.25) is 0 Å².